The Morgan fingerprint density at radius 2 is 1.93 bits per heavy atom. The van der Waals surface area contributed by atoms with Crippen molar-refractivity contribution in [3.63, 3.8) is 0 Å². The largest absolute Gasteiger partial charge is 0.478 e. The summed E-state index contributed by atoms with van der Waals surface area (Å²) < 4.78 is 9.84. The molecule has 0 aromatic rings. The highest BCUT2D eigenvalue weighted by Crippen LogP contribution is 1.96. The van der Waals surface area contributed by atoms with E-state index >= 15 is 0 Å². The van der Waals surface area contributed by atoms with E-state index in [0.29, 0.717) is 13.2 Å². The fourth-order valence-electron chi connectivity index (χ4n) is 0.798. The summed E-state index contributed by atoms with van der Waals surface area (Å²) in [5, 5.41) is 8.37. The molecule has 0 heterocycles. The third-order valence-corrected chi connectivity index (χ3v) is 1.47. The predicted octanol–water partition coefficient (Wildman–Crippen LogP) is 0.987. The van der Waals surface area contributed by atoms with Gasteiger partial charge in [-0.05, 0) is 13.3 Å². The van der Waals surface area contributed by atoms with Crippen LogP contribution in [0, 0.1) is 0 Å². The first-order valence-electron chi connectivity index (χ1n) is 4.74. The van der Waals surface area contributed by atoms with E-state index in [1.165, 1.54) is 6.92 Å². The Bertz CT molecular complexity index is 244. The maximum absolute atomic E-state index is 11.1. The molecule has 0 spiro atoms. The van der Waals surface area contributed by atoms with Gasteiger partial charge in [0.2, 0.25) is 0 Å². The number of hydrogen-bond acceptors (Lipinski definition) is 4. The number of ether oxygens (including phenoxy) is 2. The molecular weight excluding hydrogens is 200 g/mol. The van der Waals surface area contributed by atoms with Gasteiger partial charge in [0.1, 0.15) is 6.61 Å². The number of hydrogen-bond donors (Lipinski definition) is 1. The van der Waals surface area contributed by atoms with Gasteiger partial charge in [-0.3, -0.25) is 0 Å². The topological polar surface area (TPSA) is 72.8 Å². The molecule has 1 N–H and O–H groups in total. The van der Waals surface area contributed by atoms with Crippen LogP contribution in [0.5, 0.6) is 0 Å². The van der Waals surface area contributed by atoms with E-state index in [2.05, 4.69) is 0 Å². The van der Waals surface area contributed by atoms with Gasteiger partial charge in [-0.1, -0.05) is 6.92 Å². The summed E-state index contributed by atoms with van der Waals surface area (Å²) in [7, 11) is 0. The number of carboxylic acid groups (broad SMARTS) is 1. The number of aliphatic carboxylic acids is 1. The molecule has 0 saturated heterocycles. The minimum atomic E-state index is -1.16. The van der Waals surface area contributed by atoms with E-state index in [1.54, 1.807) is 0 Å². The minimum Gasteiger partial charge on any atom is -0.478 e. The molecule has 5 heteroatoms. The third-order valence-electron chi connectivity index (χ3n) is 1.47. The molecule has 0 fully saturated rings. The first-order valence-corrected chi connectivity index (χ1v) is 4.74. The number of rotatable bonds is 7. The van der Waals surface area contributed by atoms with Crippen molar-refractivity contribution in [3.05, 3.63) is 11.6 Å². The van der Waals surface area contributed by atoms with E-state index in [9.17, 15) is 9.59 Å². The van der Waals surface area contributed by atoms with Crippen LogP contribution in [0.2, 0.25) is 0 Å². The second kappa shape index (κ2) is 7.99. The van der Waals surface area contributed by atoms with E-state index < -0.39 is 11.9 Å². The maximum atomic E-state index is 11.1. The Morgan fingerprint density at radius 3 is 2.47 bits per heavy atom. The Hall–Kier alpha value is -1.36. The Kier molecular flexibility index (Phi) is 7.27. The van der Waals surface area contributed by atoms with Gasteiger partial charge in [0.15, 0.2) is 0 Å². The van der Waals surface area contributed by atoms with Crippen molar-refractivity contribution < 1.29 is 24.2 Å². The summed E-state index contributed by atoms with van der Waals surface area (Å²) >= 11 is 0. The van der Waals surface area contributed by atoms with Crippen LogP contribution in [0.4, 0.5) is 0 Å². The first kappa shape index (κ1) is 13.6. The fraction of sp³-hybridized carbons (Fsp3) is 0.600. The number of carbonyl (C=O) groups excluding carboxylic acids is 1. The molecule has 0 amide bonds. The first-order chi connectivity index (χ1) is 7.07. The fourth-order valence-corrected chi connectivity index (χ4v) is 0.798. The number of carboxylic acids is 1. The molecule has 5 nitrogen and oxygen atoms in total. The quantitative estimate of drug-likeness (QED) is 0.390. The second-order valence-corrected chi connectivity index (χ2v) is 2.91. The lowest BCUT2D eigenvalue weighted by molar-refractivity contribution is -0.141. The monoisotopic (exact) mass is 216 g/mol. The standard InChI is InChI=1S/C10H16O5/c1-3-4-14-5-6-15-10(13)8(2)7-9(11)12/h7H,3-6H2,1-2H3,(H,11,12)/b8-7+. The Balaban J connectivity index is 3.70. The van der Waals surface area contributed by atoms with Gasteiger partial charge in [-0.15, -0.1) is 0 Å². The molecule has 0 aliphatic heterocycles. The van der Waals surface area contributed by atoms with E-state index in [4.69, 9.17) is 14.6 Å². The van der Waals surface area contributed by atoms with Crippen molar-refractivity contribution >= 4 is 11.9 Å². The van der Waals surface area contributed by atoms with Crippen LogP contribution in [0.25, 0.3) is 0 Å². The van der Waals surface area contributed by atoms with Crippen molar-refractivity contribution in [1.29, 1.82) is 0 Å². The molecule has 0 aliphatic carbocycles. The van der Waals surface area contributed by atoms with Gasteiger partial charge in [0.25, 0.3) is 0 Å². The van der Waals surface area contributed by atoms with Crippen LogP contribution in [-0.2, 0) is 19.1 Å². The smallest absolute Gasteiger partial charge is 0.334 e. The van der Waals surface area contributed by atoms with Crippen molar-refractivity contribution in [3.8, 4) is 0 Å². The zero-order valence-corrected chi connectivity index (χ0v) is 8.99. The van der Waals surface area contributed by atoms with Gasteiger partial charge >= 0.3 is 11.9 Å². The lowest BCUT2D eigenvalue weighted by atomic mass is 10.3. The van der Waals surface area contributed by atoms with Gasteiger partial charge < -0.3 is 14.6 Å². The summed E-state index contributed by atoms with van der Waals surface area (Å²) in [6, 6.07) is 0. The maximum Gasteiger partial charge on any atom is 0.334 e. The highest BCUT2D eigenvalue weighted by molar-refractivity contribution is 5.95. The zero-order chi connectivity index (χ0) is 11.7. The van der Waals surface area contributed by atoms with Crippen LogP contribution in [0.15, 0.2) is 11.6 Å². The van der Waals surface area contributed by atoms with Crippen molar-refractivity contribution in [2.45, 2.75) is 20.3 Å². The van der Waals surface area contributed by atoms with Crippen LogP contribution < -0.4 is 0 Å². The summed E-state index contributed by atoms with van der Waals surface area (Å²) in [5.41, 5.74) is 0.0676. The molecule has 0 aromatic heterocycles. The number of esters is 1. The molecular formula is C10H16O5. The third kappa shape index (κ3) is 7.69. The average molecular weight is 216 g/mol. The Labute approximate surface area is 88.7 Å². The van der Waals surface area contributed by atoms with E-state index in [0.717, 1.165) is 12.5 Å². The van der Waals surface area contributed by atoms with Gasteiger partial charge in [0.05, 0.1) is 6.61 Å². The van der Waals surface area contributed by atoms with E-state index in [1.807, 2.05) is 6.92 Å². The van der Waals surface area contributed by atoms with Crippen LogP contribution in [-0.4, -0.2) is 36.9 Å². The molecule has 0 aromatic carbocycles. The molecule has 15 heavy (non-hydrogen) atoms. The molecule has 0 rings (SSSR count). The normalized spacial score (nSPS) is 11.2. The molecule has 0 unspecified atom stereocenters. The molecule has 0 atom stereocenters. The van der Waals surface area contributed by atoms with Gasteiger partial charge in [-0.2, -0.15) is 0 Å². The van der Waals surface area contributed by atoms with Gasteiger partial charge in [0, 0.05) is 18.3 Å². The molecule has 86 valence electrons. The second-order valence-electron chi connectivity index (χ2n) is 2.91. The zero-order valence-electron chi connectivity index (χ0n) is 8.99. The van der Waals surface area contributed by atoms with Crippen LogP contribution >= 0.6 is 0 Å². The summed E-state index contributed by atoms with van der Waals surface area (Å²) in [5.74, 6) is -1.79. The van der Waals surface area contributed by atoms with Crippen molar-refractivity contribution in [2.24, 2.45) is 0 Å². The highest BCUT2D eigenvalue weighted by Gasteiger charge is 2.06. The SMILES string of the molecule is CCCOCCOC(=O)/C(C)=C/C(=O)O. The predicted molar refractivity (Wildman–Crippen MR) is 53.5 cm³/mol. The van der Waals surface area contributed by atoms with Crippen LogP contribution in [0.1, 0.15) is 20.3 Å². The number of carbonyl (C=O) groups is 2. The molecule has 0 radical (unpaired) electrons. The summed E-state index contributed by atoms with van der Waals surface area (Å²) in [6.07, 6.45) is 1.72. The van der Waals surface area contributed by atoms with Crippen molar-refractivity contribution in [2.75, 3.05) is 19.8 Å². The lowest BCUT2D eigenvalue weighted by Gasteiger charge is -2.04. The Morgan fingerprint density at radius 1 is 1.27 bits per heavy atom. The van der Waals surface area contributed by atoms with Crippen LogP contribution in [0.3, 0.4) is 0 Å². The summed E-state index contributed by atoms with van der Waals surface area (Å²) in [4.78, 5) is 21.3. The van der Waals surface area contributed by atoms with Gasteiger partial charge in [-0.25, -0.2) is 9.59 Å². The minimum absolute atomic E-state index is 0.0676. The molecule has 0 aliphatic rings. The highest BCUT2D eigenvalue weighted by atomic mass is 16.6. The van der Waals surface area contributed by atoms with E-state index in [-0.39, 0.29) is 12.2 Å². The van der Waals surface area contributed by atoms with Crippen molar-refractivity contribution in [1.82, 2.24) is 0 Å². The molecule has 0 saturated carbocycles. The molecule has 0 bridgehead atoms. The lowest BCUT2D eigenvalue weighted by Crippen LogP contribution is -2.12. The average Bonchev–Trinajstić information content (AvgIpc) is 2.16. The summed E-state index contributed by atoms with van der Waals surface area (Å²) in [6.45, 7) is 4.47.